The van der Waals surface area contributed by atoms with Gasteiger partial charge < -0.3 is 0 Å². The molecule has 0 unspecified atom stereocenters. The minimum Gasteiger partial charge on any atom is -0.277 e. The smallest absolute Gasteiger partial charge is 0.235 e. The van der Waals surface area contributed by atoms with Crippen LogP contribution < -0.4 is 10.4 Å². The van der Waals surface area contributed by atoms with Crippen LogP contribution in [0.25, 0.3) is 166 Å². The summed E-state index contributed by atoms with van der Waals surface area (Å²) in [6.07, 6.45) is 3.77. The predicted octanol–water partition coefficient (Wildman–Crippen LogP) is 24.9. The number of hydrogen-bond donors (Lipinski definition) is 0. The molecule has 0 aliphatic rings. The van der Waals surface area contributed by atoms with E-state index in [1.54, 1.807) is 0 Å². The molecular weight excluding hydrogens is 1310 g/mol. The highest BCUT2D eigenvalue weighted by Crippen LogP contribution is 2.42. The van der Waals surface area contributed by atoms with E-state index >= 15 is 0 Å². The summed E-state index contributed by atoms with van der Waals surface area (Å²) in [5.74, 6) is 1.31. The van der Waals surface area contributed by atoms with Gasteiger partial charge in [0, 0.05) is 55.8 Å². The number of hydrogen-bond acceptors (Lipinski definition) is 4. The zero-order valence-electron chi connectivity index (χ0n) is 60.4. The summed E-state index contributed by atoms with van der Waals surface area (Å²) in [6, 6.07) is 129. The first-order chi connectivity index (χ1) is 52.4. The summed E-state index contributed by atoms with van der Waals surface area (Å²) >= 11 is 0. The fourth-order valence-electron chi connectivity index (χ4n) is 15.6. The molecule has 510 valence electrons. The summed E-state index contributed by atoms with van der Waals surface area (Å²) in [5.41, 5.74) is 24.0. The highest BCUT2D eigenvalue weighted by Gasteiger charge is 2.26. The van der Waals surface area contributed by atoms with Gasteiger partial charge in [0.2, 0.25) is 11.9 Å². The number of fused-ring (bicyclic) bond motifs is 10. The largest absolute Gasteiger partial charge is 0.277 e. The first-order valence-electron chi connectivity index (χ1n) is 36.8. The number of benzene rings is 15. The van der Waals surface area contributed by atoms with Gasteiger partial charge in [-0.25, -0.2) is 19.9 Å². The predicted molar refractivity (Wildman–Crippen MR) is 453 cm³/mol. The molecule has 0 spiro atoms. The van der Waals surface area contributed by atoms with E-state index in [4.69, 9.17) is 19.9 Å². The Bertz CT molecular complexity index is 6480. The summed E-state index contributed by atoms with van der Waals surface area (Å²) < 4.78 is 4.48. The second kappa shape index (κ2) is 27.4. The minimum absolute atomic E-state index is 0.148. The maximum Gasteiger partial charge on any atom is 0.235 e. The molecule has 0 N–H and O–H groups in total. The first kappa shape index (κ1) is 65.8. The van der Waals surface area contributed by atoms with Crippen LogP contribution in [0.15, 0.2) is 370 Å². The van der Waals surface area contributed by atoms with Crippen molar-refractivity contribution in [1.82, 2.24) is 29.1 Å². The monoisotopic (exact) mass is 1390 g/mol. The average Bonchev–Trinajstić information content (AvgIpc) is 1.59. The van der Waals surface area contributed by atoms with Crippen LogP contribution in [-0.2, 0) is 5.41 Å². The van der Waals surface area contributed by atoms with Crippen LogP contribution in [0, 0.1) is 0 Å². The summed E-state index contributed by atoms with van der Waals surface area (Å²) in [7, 11) is -1.80. The molecule has 7 heteroatoms. The number of aromatic nitrogens is 6. The van der Waals surface area contributed by atoms with Gasteiger partial charge in [0.15, 0.2) is 0 Å². The molecule has 0 saturated heterocycles. The molecule has 0 aliphatic carbocycles. The van der Waals surface area contributed by atoms with Gasteiger partial charge in [0.05, 0.1) is 33.5 Å². The standard InChI is InChI=1S/C58H43N3Si.C42H33N3/c1-62(2,50-22-10-5-11-23-50)51-29-25-42(26-30-51)44-20-14-21-46(35-44)55-33-34-59-58(60-55)61-56-32-28-45(39-54(56)53-31-27-43-19-12-13-24-52(43)57(53)61)49-37-47(40-15-6-3-7-16-40)36-48(38-49)41-17-8-4-9-18-41;1-42(2,3)34-22-19-29(20-23-34)28-15-17-30(18-16-28)32-10-8-11-33(27-32)38-25-26-43-41(44-38)45-39-14-7-6-13-36(39)37-24-21-31-9-4-5-12-35(31)40(37)45/h3-39H,1-2H3;4-27H,1-3H3. The Kier molecular flexibility index (Phi) is 16.9. The third-order valence-corrected chi connectivity index (χ3v) is 25.0. The van der Waals surface area contributed by atoms with Crippen molar-refractivity contribution in [1.29, 1.82) is 0 Å². The van der Waals surface area contributed by atoms with Gasteiger partial charge in [-0.3, -0.25) is 9.13 Å². The van der Waals surface area contributed by atoms with Gasteiger partial charge in [-0.1, -0.05) is 341 Å². The minimum atomic E-state index is -1.80. The van der Waals surface area contributed by atoms with Crippen molar-refractivity contribution in [2.75, 3.05) is 0 Å². The average molecular weight is 1390 g/mol. The fourth-order valence-corrected chi connectivity index (χ4v) is 17.9. The van der Waals surface area contributed by atoms with Crippen molar-refractivity contribution in [3.8, 4) is 101 Å². The van der Waals surface area contributed by atoms with Crippen LogP contribution in [0.2, 0.25) is 13.1 Å². The van der Waals surface area contributed by atoms with Crippen molar-refractivity contribution in [2.24, 2.45) is 0 Å². The van der Waals surface area contributed by atoms with Crippen LogP contribution in [0.3, 0.4) is 0 Å². The Labute approximate surface area is 624 Å². The Morgan fingerprint density at radius 3 is 1.12 bits per heavy atom. The third-order valence-electron chi connectivity index (χ3n) is 21.4. The second-order valence-corrected chi connectivity index (χ2v) is 33.8. The molecule has 0 fully saturated rings. The lowest BCUT2D eigenvalue weighted by Crippen LogP contribution is -2.52. The lowest BCUT2D eigenvalue weighted by molar-refractivity contribution is 0.590. The van der Waals surface area contributed by atoms with E-state index in [0.717, 1.165) is 72.0 Å². The van der Waals surface area contributed by atoms with Gasteiger partial charge in [-0.15, -0.1) is 0 Å². The number of rotatable bonds is 12. The van der Waals surface area contributed by atoms with Gasteiger partial charge >= 0.3 is 0 Å². The molecule has 6 nitrogen and oxygen atoms in total. The summed E-state index contributed by atoms with van der Waals surface area (Å²) in [4.78, 5) is 20.3. The Morgan fingerprint density at radius 1 is 0.252 bits per heavy atom. The van der Waals surface area contributed by atoms with E-state index in [1.165, 1.54) is 98.3 Å². The van der Waals surface area contributed by atoms with E-state index in [2.05, 4.69) is 389 Å². The van der Waals surface area contributed by atoms with Crippen LogP contribution in [-0.4, -0.2) is 37.1 Å². The molecule has 4 heterocycles. The van der Waals surface area contributed by atoms with Gasteiger partial charge in [-0.05, 0) is 149 Å². The highest BCUT2D eigenvalue weighted by molar-refractivity contribution is 7.00. The first-order valence-corrected chi connectivity index (χ1v) is 39.8. The molecule has 0 aliphatic heterocycles. The molecule has 19 rings (SSSR count). The van der Waals surface area contributed by atoms with Crippen molar-refractivity contribution in [3.63, 3.8) is 0 Å². The quantitative estimate of drug-likeness (QED) is 0.114. The normalized spacial score (nSPS) is 11.8. The van der Waals surface area contributed by atoms with E-state index in [9.17, 15) is 0 Å². The van der Waals surface area contributed by atoms with Crippen molar-refractivity contribution in [2.45, 2.75) is 39.3 Å². The van der Waals surface area contributed by atoms with Crippen LogP contribution in [0.4, 0.5) is 0 Å². The molecule has 4 aromatic heterocycles. The van der Waals surface area contributed by atoms with Gasteiger partial charge in [0.1, 0.15) is 8.07 Å². The third kappa shape index (κ3) is 12.6. The van der Waals surface area contributed by atoms with Gasteiger partial charge in [0.25, 0.3) is 0 Å². The molecule has 0 amide bonds. The summed E-state index contributed by atoms with van der Waals surface area (Å²) in [5, 5.41) is 12.3. The van der Waals surface area contributed by atoms with E-state index in [1.807, 2.05) is 24.5 Å². The van der Waals surface area contributed by atoms with Crippen LogP contribution in [0.1, 0.15) is 26.3 Å². The van der Waals surface area contributed by atoms with E-state index in [0.29, 0.717) is 11.9 Å². The zero-order chi connectivity index (χ0) is 72.2. The molecule has 0 saturated carbocycles. The second-order valence-electron chi connectivity index (χ2n) is 29.4. The molecule has 15 aromatic carbocycles. The van der Waals surface area contributed by atoms with Crippen molar-refractivity contribution in [3.05, 3.63) is 376 Å². The fraction of sp³-hybridized carbons (Fsp3) is 0.0600. The van der Waals surface area contributed by atoms with E-state index < -0.39 is 8.07 Å². The van der Waals surface area contributed by atoms with Gasteiger partial charge in [-0.2, -0.15) is 0 Å². The topological polar surface area (TPSA) is 61.4 Å². The SMILES string of the molecule is CC(C)(C)c1ccc(-c2ccc(-c3cccc(-c4ccnc(-n5c6ccccc6c6ccc7ccccc7c65)n4)c3)cc2)cc1.C[Si](C)(c1ccccc1)c1ccc(-c2cccc(-c3ccnc(-n4c5ccc(-c6cc(-c7ccccc7)cc(-c7ccccc7)c6)cc5c5ccc6ccccc6c54)n3)c2)cc1. The van der Waals surface area contributed by atoms with Crippen LogP contribution >= 0.6 is 0 Å². The zero-order valence-corrected chi connectivity index (χ0v) is 61.4. The lowest BCUT2D eigenvalue weighted by Gasteiger charge is -2.24. The van der Waals surface area contributed by atoms with Crippen LogP contribution in [0.5, 0.6) is 0 Å². The highest BCUT2D eigenvalue weighted by atomic mass is 28.3. The van der Waals surface area contributed by atoms with Crippen molar-refractivity contribution >= 4 is 83.6 Å². The molecule has 107 heavy (non-hydrogen) atoms. The maximum atomic E-state index is 5.34. The number of nitrogens with zero attached hydrogens (tertiary/aromatic N) is 6. The molecular formula is C100H76N6Si. The Hall–Kier alpha value is -13.2. The lowest BCUT2D eigenvalue weighted by atomic mass is 9.86. The Morgan fingerprint density at radius 2 is 0.607 bits per heavy atom. The molecule has 19 aromatic rings. The van der Waals surface area contributed by atoms with Crippen molar-refractivity contribution < 1.29 is 0 Å². The summed E-state index contributed by atoms with van der Waals surface area (Å²) in [6.45, 7) is 11.6. The van der Waals surface area contributed by atoms with E-state index in [-0.39, 0.29) is 5.41 Å². The molecule has 0 radical (unpaired) electrons. The Balaban J connectivity index is 0.000000159. The molecule has 0 bridgehead atoms. The number of para-hydroxylation sites is 1. The maximum absolute atomic E-state index is 5.34. The molecule has 0 atom stereocenters.